The van der Waals surface area contributed by atoms with Gasteiger partial charge in [-0.25, -0.2) is 0 Å². The van der Waals surface area contributed by atoms with E-state index in [1.165, 1.54) is 50.7 Å². The lowest BCUT2D eigenvalue weighted by molar-refractivity contribution is -0.253. The van der Waals surface area contributed by atoms with Gasteiger partial charge in [-0.05, 0) is 42.4 Å². The largest absolute Gasteiger partial charge is 0.461 e. The molecule has 0 aliphatic heterocycles. The zero-order chi connectivity index (χ0) is 17.6. The Balaban J connectivity index is 1.76. The first-order chi connectivity index (χ1) is 11.4. The normalized spacial score (nSPS) is 21.9. The van der Waals surface area contributed by atoms with Gasteiger partial charge in [0.05, 0.1) is 0 Å². The highest BCUT2D eigenvalue weighted by atomic mass is 19.3. The number of rotatable bonds is 8. The summed E-state index contributed by atoms with van der Waals surface area (Å²) in [5.74, 6) is 1.39. The maximum absolute atomic E-state index is 12.8. The van der Waals surface area contributed by atoms with Gasteiger partial charge in [0.2, 0.25) is 0 Å². The van der Waals surface area contributed by atoms with Gasteiger partial charge in [0.15, 0.2) is 0 Å². The van der Waals surface area contributed by atoms with Crippen LogP contribution in [-0.2, 0) is 6.42 Å². The fourth-order valence-corrected chi connectivity index (χ4v) is 3.51. The summed E-state index contributed by atoms with van der Waals surface area (Å²) in [4.78, 5) is 0. The van der Waals surface area contributed by atoms with Crippen LogP contribution in [0, 0.1) is 11.8 Å². The molecule has 1 fully saturated rings. The first-order valence-corrected chi connectivity index (χ1v) is 8.84. The topological polar surface area (TPSA) is 9.23 Å². The minimum atomic E-state index is -4.45. The minimum absolute atomic E-state index is 0.232. The summed E-state index contributed by atoms with van der Waals surface area (Å²) in [5, 5.41) is 0. The first kappa shape index (κ1) is 19.1. The summed E-state index contributed by atoms with van der Waals surface area (Å²) in [6, 6.07) is 6.03. The summed E-state index contributed by atoms with van der Waals surface area (Å²) in [6.07, 6.45) is 1.45. The molecule has 1 saturated carbocycles. The number of aryl methyl sites for hydroxylation is 1. The summed E-state index contributed by atoms with van der Waals surface area (Å²) >= 11 is 0. The smallest absolute Gasteiger partial charge is 0.428 e. The second-order valence-electron chi connectivity index (χ2n) is 6.82. The molecule has 24 heavy (non-hydrogen) atoms. The van der Waals surface area contributed by atoms with Gasteiger partial charge >= 0.3 is 12.5 Å². The van der Waals surface area contributed by atoms with E-state index in [1.54, 1.807) is 12.1 Å². The third-order valence-electron chi connectivity index (χ3n) is 4.94. The molecule has 0 radical (unpaired) electrons. The molecule has 0 amide bonds. The molecule has 0 atom stereocenters. The summed E-state index contributed by atoms with van der Waals surface area (Å²) in [6.45, 7) is 2.23. The molecule has 0 saturated heterocycles. The van der Waals surface area contributed by atoms with Crippen LogP contribution >= 0.6 is 0 Å². The Labute approximate surface area is 141 Å². The van der Waals surface area contributed by atoms with Crippen LogP contribution in [0.25, 0.3) is 0 Å². The monoisotopic (exact) mass is 346 g/mol. The van der Waals surface area contributed by atoms with Gasteiger partial charge in [-0.15, -0.1) is 0 Å². The van der Waals surface area contributed by atoms with Crippen molar-refractivity contribution in [3.05, 3.63) is 29.8 Å². The molecule has 5 heteroatoms. The Morgan fingerprint density at radius 1 is 1.00 bits per heavy atom. The van der Waals surface area contributed by atoms with Crippen LogP contribution in [-0.4, -0.2) is 12.5 Å². The molecule has 1 aliphatic carbocycles. The second kappa shape index (κ2) is 8.72. The van der Waals surface area contributed by atoms with Gasteiger partial charge < -0.3 is 4.74 Å². The van der Waals surface area contributed by atoms with Crippen molar-refractivity contribution in [1.29, 1.82) is 0 Å². The SMILES string of the molecule is CCC[C@H]1CC[C@H](CCc2ccc(OC(F)(F)C(F)F)cc2)CC1. The van der Waals surface area contributed by atoms with Crippen LogP contribution in [0.4, 0.5) is 17.6 Å². The van der Waals surface area contributed by atoms with Crippen LogP contribution in [0.3, 0.4) is 0 Å². The molecule has 0 spiro atoms. The van der Waals surface area contributed by atoms with Crippen LogP contribution in [0.5, 0.6) is 5.75 Å². The molecule has 2 rings (SSSR count). The molecular weight excluding hydrogens is 320 g/mol. The molecule has 0 unspecified atom stereocenters. The van der Waals surface area contributed by atoms with Gasteiger partial charge in [-0.1, -0.05) is 57.6 Å². The predicted octanol–water partition coefficient (Wildman–Crippen LogP) is 6.46. The van der Waals surface area contributed by atoms with E-state index in [2.05, 4.69) is 11.7 Å². The maximum atomic E-state index is 12.8. The molecule has 1 aromatic carbocycles. The van der Waals surface area contributed by atoms with E-state index in [0.29, 0.717) is 0 Å². The van der Waals surface area contributed by atoms with Crippen LogP contribution < -0.4 is 4.74 Å². The van der Waals surface area contributed by atoms with E-state index in [0.717, 1.165) is 30.2 Å². The fourth-order valence-electron chi connectivity index (χ4n) is 3.51. The molecule has 0 N–H and O–H groups in total. The predicted molar refractivity (Wildman–Crippen MR) is 86.7 cm³/mol. The van der Waals surface area contributed by atoms with Gasteiger partial charge in [0.1, 0.15) is 5.75 Å². The van der Waals surface area contributed by atoms with Crippen molar-refractivity contribution in [2.24, 2.45) is 11.8 Å². The third kappa shape index (κ3) is 5.67. The molecule has 1 nitrogen and oxygen atoms in total. The lowest BCUT2D eigenvalue weighted by atomic mass is 9.78. The minimum Gasteiger partial charge on any atom is -0.428 e. The van der Waals surface area contributed by atoms with Crippen LogP contribution in [0.15, 0.2) is 24.3 Å². The van der Waals surface area contributed by atoms with E-state index in [4.69, 9.17) is 0 Å². The highest BCUT2D eigenvalue weighted by molar-refractivity contribution is 5.27. The van der Waals surface area contributed by atoms with Crippen molar-refractivity contribution >= 4 is 0 Å². The van der Waals surface area contributed by atoms with E-state index in [-0.39, 0.29) is 5.75 Å². The number of benzene rings is 1. The van der Waals surface area contributed by atoms with Gasteiger partial charge in [-0.2, -0.15) is 17.6 Å². The highest BCUT2D eigenvalue weighted by Crippen LogP contribution is 2.34. The quantitative estimate of drug-likeness (QED) is 0.491. The Morgan fingerprint density at radius 3 is 2.04 bits per heavy atom. The Hall–Kier alpha value is -1.26. The summed E-state index contributed by atoms with van der Waals surface area (Å²) in [7, 11) is 0. The molecule has 0 heterocycles. The van der Waals surface area contributed by atoms with E-state index in [9.17, 15) is 17.6 Å². The first-order valence-electron chi connectivity index (χ1n) is 8.84. The third-order valence-corrected chi connectivity index (χ3v) is 4.94. The molecule has 0 bridgehead atoms. The number of alkyl halides is 4. The Kier molecular flexibility index (Phi) is 6.93. The van der Waals surface area contributed by atoms with E-state index >= 15 is 0 Å². The van der Waals surface area contributed by atoms with Crippen LogP contribution in [0.1, 0.15) is 57.4 Å². The number of hydrogen-bond acceptors (Lipinski definition) is 1. The number of ether oxygens (including phenoxy) is 1. The second-order valence-corrected chi connectivity index (χ2v) is 6.82. The zero-order valence-corrected chi connectivity index (χ0v) is 14.1. The highest BCUT2D eigenvalue weighted by Gasteiger charge is 2.43. The lowest BCUT2D eigenvalue weighted by Crippen LogP contribution is -2.33. The van der Waals surface area contributed by atoms with Gasteiger partial charge in [-0.3, -0.25) is 0 Å². The Bertz CT molecular complexity index is 479. The van der Waals surface area contributed by atoms with Crippen molar-refractivity contribution in [3.8, 4) is 5.75 Å². The van der Waals surface area contributed by atoms with Crippen molar-refractivity contribution < 1.29 is 22.3 Å². The molecule has 1 aromatic rings. The molecule has 136 valence electrons. The maximum Gasteiger partial charge on any atom is 0.461 e. The summed E-state index contributed by atoms with van der Waals surface area (Å²) < 4.78 is 53.9. The van der Waals surface area contributed by atoms with Gasteiger partial charge in [0.25, 0.3) is 0 Å². The standard InChI is InChI=1S/C19H26F4O/c1-2-3-14-4-6-15(7-5-14)8-9-16-10-12-17(13-11-16)24-19(22,23)18(20)21/h10-15,18H,2-9H2,1H3/t14-,15-. The lowest BCUT2D eigenvalue weighted by Gasteiger charge is -2.28. The van der Waals surface area contributed by atoms with E-state index < -0.39 is 12.5 Å². The summed E-state index contributed by atoms with van der Waals surface area (Å²) in [5.41, 5.74) is 1.03. The van der Waals surface area contributed by atoms with Crippen molar-refractivity contribution in [2.45, 2.75) is 70.8 Å². The number of hydrogen-bond donors (Lipinski definition) is 0. The molecule has 0 aromatic heterocycles. The van der Waals surface area contributed by atoms with Crippen LogP contribution in [0.2, 0.25) is 0 Å². The van der Waals surface area contributed by atoms with Crippen molar-refractivity contribution in [2.75, 3.05) is 0 Å². The van der Waals surface area contributed by atoms with Crippen molar-refractivity contribution in [3.63, 3.8) is 0 Å². The zero-order valence-electron chi connectivity index (χ0n) is 14.1. The molecule has 1 aliphatic rings. The average Bonchev–Trinajstić information content (AvgIpc) is 2.55. The fraction of sp³-hybridized carbons (Fsp3) is 0.684. The van der Waals surface area contributed by atoms with E-state index in [1.807, 2.05) is 0 Å². The average molecular weight is 346 g/mol. The van der Waals surface area contributed by atoms with Crippen molar-refractivity contribution in [1.82, 2.24) is 0 Å². The Morgan fingerprint density at radius 2 is 1.54 bits per heavy atom. The number of halogens is 4. The molecular formula is C19H26F4O. The van der Waals surface area contributed by atoms with Gasteiger partial charge in [0, 0.05) is 0 Å².